The highest BCUT2D eigenvalue weighted by Gasteiger charge is 2.12. The fourth-order valence-corrected chi connectivity index (χ4v) is 1.39. The van der Waals surface area contributed by atoms with Gasteiger partial charge in [-0.25, -0.2) is 4.79 Å². The first-order valence-electron chi connectivity index (χ1n) is 4.50. The van der Waals surface area contributed by atoms with Crippen LogP contribution in [0.3, 0.4) is 0 Å². The molecule has 1 unspecified atom stereocenters. The second-order valence-electron chi connectivity index (χ2n) is 3.07. The largest absolute Gasteiger partial charge is 0.325 e. The lowest BCUT2D eigenvalue weighted by molar-refractivity contribution is -0.119. The molecule has 2 N–H and O–H groups in total. The topological polar surface area (TPSA) is 58.2 Å². The van der Waals surface area contributed by atoms with Gasteiger partial charge in [-0.2, -0.15) is 0 Å². The van der Waals surface area contributed by atoms with E-state index >= 15 is 0 Å². The molecule has 1 aromatic carbocycles. The summed E-state index contributed by atoms with van der Waals surface area (Å²) in [4.78, 5) is 22.4. The number of nitrogens with one attached hydrogen (secondary N) is 2. The van der Waals surface area contributed by atoms with E-state index in [0.29, 0.717) is 5.69 Å². The molecular weight excluding hydrogens is 295 g/mol. The first-order chi connectivity index (χ1) is 7.49. The summed E-state index contributed by atoms with van der Waals surface area (Å²) in [5.41, 5.74) is 0.585. The van der Waals surface area contributed by atoms with Crippen molar-refractivity contribution in [3.63, 3.8) is 0 Å². The number of urea groups is 1. The van der Waals surface area contributed by atoms with E-state index in [2.05, 4.69) is 26.6 Å². The molecule has 0 aliphatic carbocycles. The van der Waals surface area contributed by atoms with Crippen LogP contribution < -0.4 is 10.6 Å². The van der Waals surface area contributed by atoms with E-state index in [9.17, 15) is 9.59 Å². The number of amides is 3. The molecule has 1 atom stereocenters. The molecule has 1 aromatic rings. The van der Waals surface area contributed by atoms with E-state index in [0.717, 1.165) is 4.47 Å². The number of alkyl halides is 1. The predicted octanol–water partition coefficient (Wildman–Crippen LogP) is 2.72. The maximum atomic E-state index is 11.3. The number of carbonyl (C=O) groups is 2. The lowest BCUT2D eigenvalue weighted by Gasteiger charge is -2.07. The van der Waals surface area contributed by atoms with Crippen molar-refractivity contribution in [1.29, 1.82) is 0 Å². The van der Waals surface area contributed by atoms with Crippen molar-refractivity contribution < 1.29 is 9.59 Å². The minimum atomic E-state index is -0.742. The van der Waals surface area contributed by atoms with Crippen molar-refractivity contribution >= 4 is 45.2 Å². The SMILES string of the molecule is CC(Cl)C(=O)NC(=O)Nc1cccc(Br)c1. The third kappa shape index (κ3) is 4.20. The highest BCUT2D eigenvalue weighted by molar-refractivity contribution is 9.10. The van der Waals surface area contributed by atoms with Gasteiger partial charge in [0.25, 0.3) is 0 Å². The summed E-state index contributed by atoms with van der Waals surface area (Å²) in [6.45, 7) is 1.49. The average Bonchev–Trinajstić information content (AvgIpc) is 2.16. The Morgan fingerprint density at radius 2 is 2.12 bits per heavy atom. The first kappa shape index (κ1) is 13.0. The summed E-state index contributed by atoms with van der Waals surface area (Å²) in [6, 6.07) is 6.42. The summed E-state index contributed by atoms with van der Waals surface area (Å²) < 4.78 is 0.835. The summed E-state index contributed by atoms with van der Waals surface area (Å²) >= 11 is 8.77. The molecule has 3 amide bonds. The Hall–Kier alpha value is -1.07. The Morgan fingerprint density at radius 1 is 1.44 bits per heavy atom. The van der Waals surface area contributed by atoms with Gasteiger partial charge in [0.2, 0.25) is 5.91 Å². The molecule has 86 valence electrons. The van der Waals surface area contributed by atoms with Crippen molar-refractivity contribution in [2.75, 3.05) is 5.32 Å². The Labute approximate surface area is 106 Å². The van der Waals surface area contributed by atoms with Gasteiger partial charge >= 0.3 is 6.03 Å². The van der Waals surface area contributed by atoms with E-state index < -0.39 is 17.3 Å². The predicted molar refractivity (Wildman–Crippen MR) is 66.6 cm³/mol. The summed E-state index contributed by atoms with van der Waals surface area (Å²) in [6.07, 6.45) is 0. The Kier molecular flexibility index (Phi) is 4.76. The Morgan fingerprint density at radius 3 is 2.69 bits per heavy atom. The summed E-state index contributed by atoms with van der Waals surface area (Å²) in [5.74, 6) is -0.533. The van der Waals surface area contributed by atoms with Gasteiger partial charge in [0.1, 0.15) is 5.38 Å². The van der Waals surface area contributed by atoms with Gasteiger partial charge in [-0.3, -0.25) is 10.1 Å². The minimum Gasteiger partial charge on any atom is -0.308 e. The van der Waals surface area contributed by atoms with Gasteiger partial charge in [0.15, 0.2) is 0 Å². The zero-order chi connectivity index (χ0) is 12.1. The number of benzene rings is 1. The molecule has 0 heterocycles. The van der Waals surface area contributed by atoms with Crippen LogP contribution in [0.25, 0.3) is 0 Å². The highest BCUT2D eigenvalue weighted by atomic mass is 79.9. The molecule has 0 aliphatic heterocycles. The fourth-order valence-electron chi connectivity index (χ4n) is 0.940. The van der Waals surface area contributed by atoms with Gasteiger partial charge in [-0.15, -0.1) is 11.6 Å². The third-order valence-electron chi connectivity index (χ3n) is 1.68. The second kappa shape index (κ2) is 5.86. The maximum Gasteiger partial charge on any atom is 0.325 e. The van der Waals surface area contributed by atoms with Crippen LogP contribution in [0.4, 0.5) is 10.5 Å². The van der Waals surface area contributed by atoms with Gasteiger partial charge in [-0.05, 0) is 25.1 Å². The molecule has 16 heavy (non-hydrogen) atoms. The monoisotopic (exact) mass is 304 g/mol. The number of imide groups is 1. The minimum absolute atomic E-state index is 0.533. The van der Waals surface area contributed by atoms with Gasteiger partial charge in [-0.1, -0.05) is 22.0 Å². The third-order valence-corrected chi connectivity index (χ3v) is 2.37. The van der Waals surface area contributed by atoms with Gasteiger partial charge in [0.05, 0.1) is 0 Å². The molecular formula is C10H10BrClN2O2. The quantitative estimate of drug-likeness (QED) is 0.825. The number of hydrogen-bond donors (Lipinski definition) is 2. The van der Waals surface area contributed by atoms with Crippen LogP contribution in [0.2, 0.25) is 0 Å². The standard InChI is InChI=1S/C10H10BrClN2O2/c1-6(12)9(15)14-10(16)13-8-4-2-3-7(11)5-8/h2-6H,1H3,(H2,13,14,15,16). The van der Waals surface area contributed by atoms with E-state index in [-0.39, 0.29) is 0 Å². The van der Waals surface area contributed by atoms with Crippen LogP contribution >= 0.6 is 27.5 Å². The van der Waals surface area contributed by atoms with Gasteiger partial charge in [0, 0.05) is 10.2 Å². The molecule has 6 heteroatoms. The zero-order valence-electron chi connectivity index (χ0n) is 8.46. The van der Waals surface area contributed by atoms with Crippen molar-refractivity contribution in [3.05, 3.63) is 28.7 Å². The van der Waals surface area contributed by atoms with Crippen LogP contribution in [-0.2, 0) is 4.79 Å². The molecule has 0 saturated heterocycles. The summed E-state index contributed by atoms with van der Waals surface area (Å²) in [5, 5.41) is 3.88. The number of anilines is 1. The van der Waals surface area contributed by atoms with Crippen LogP contribution in [0.5, 0.6) is 0 Å². The highest BCUT2D eigenvalue weighted by Crippen LogP contribution is 2.15. The van der Waals surface area contributed by atoms with Gasteiger partial charge < -0.3 is 5.32 Å². The van der Waals surface area contributed by atoms with E-state index in [1.165, 1.54) is 6.92 Å². The second-order valence-corrected chi connectivity index (χ2v) is 4.64. The summed E-state index contributed by atoms with van der Waals surface area (Å²) in [7, 11) is 0. The Bertz CT molecular complexity index is 410. The Balaban J connectivity index is 2.55. The van der Waals surface area contributed by atoms with E-state index in [4.69, 9.17) is 11.6 Å². The lowest BCUT2D eigenvalue weighted by atomic mass is 10.3. The van der Waals surface area contributed by atoms with Crippen molar-refractivity contribution in [2.45, 2.75) is 12.3 Å². The van der Waals surface area contributed by atoms with Crippen molar-refractivity contribution in [2.24, 2.45) is 0 Å². The molecule has 0 saturated carbocycles. The molecule has 4 nitrogen and oxygen atoms in total. The van der Waals surface area contributed by atoms with Crippen molar-refractivity contribution in [1.82, 2.24) is 5.32 Å². The number of carbonyl (C=O) groups excluding carboxylic acids is 2. The molecule has 0 radical (unpaired) electrons. The first-order valence-corrected chi connectivity index (χ1v) is 5.73. The van der Waals surface area contributed by atoms with E-state index in [1.54, 1.807) is 18.2 Å². The smallest absolute Gasteiger partial charge is 0.308 e. The maximum absolute atomic E-state index is 11.3. The fraction of sp³-hybridized carbons (Fsp3) is 0.200. The van der Waals surface area contributed by atoms with Crippen LogP contribution in [0, 0.1) is 0 Å². The number of rotatable bonds is 2. The number of halogens is 2. The normalized spacial score (nSPS) is 11.7. The van der Waals surface area contributed by atoms with Crippen molar-refractivity contribution in [3.8, 4) is 0 Å². The molecule has 0 aromatic heterocycles. The average molecular weight is 306 g/mol. The van der Waals surface area contributed by atoms with Crippen LogP contribution in [-0.4, -0.2) is 17.3 Å². The lowest BCUT2D eigenvalue weighted by Crippen LogP contribution is -2.38. The zero-order valence-corrected chi connectivity index (χ0v) is 10.8. The molecule has 0 fully saturated rings. The van der Waals surface area contributed by atoms with E-state index in [1.807, 2.05) is 6.07 Å². The molecule has 0 spiro atoms. The van der Waals surface area contributed by atoms with Crippen LogP contribution in [0.15, 0.2) is 28.7 Å². The van der Waals surface area contributed by atoms with Crippen LogP contribution in [0.1, 0.15) is 6.92 Å². The number of hydrogen-bond acceptors (Lipinski definition) is 2. The molecule has 1 rings (SSSR count). The molecule has 0 bridgehead atoms. The molecule has 0 aliphatic rings.